The van der Waals surface area contributed by atoms with E-state index in [-0.39, 0.29) is 0 Å². The van der Waals surface area contributed by atoms with Crippen molar-refractivity contribution in [1.29, 1.82) is 0 Å². The summed E-state index contributed by atoms with van der Waals surface area (Å²) in [4.78, 5) is 8.79. The van der Waals surface area contributed by atoms with Gasteiger partial charge in [0.15, 0.2) is 5.82 Å². The lowest BCUT2D eigenvalue weighted by Gasteiger charge is -2.02. The molecule has 0 aliphatic carbocycles. The number of anilines is 1. The van der Waals surface area contributed by atoms with Gasteiger partial charge in [0.25, 0.3) is 0 Å². The molecule has 2 heterocycles. The zero-order chi connectivity index (χ0) is 13.4. The predicted octanol–water partition coefficient (Wildman–Crippen LogP) is 1.96. The minimum Gasteiger partial charge on any atom is -0.382 e. The number of aromatic nitrogens is 3. The molecule has 1 aromatic carbocycles. The van der Waals surface area contributed by atoms with Crippen molar-refractivity contribution in [2.45, 2.75) is 13.3 Å². The lowest BCUT2D eigenvalue weighted by atomic mass is 10.1. The molecule has 0 atom stereocenters. The van der Waals surface area contributed by atoms with Gasteiger partial charge in [0.2, 0.25) is 0 Å². The van der Waals surface area contributed by atoms with Crippen LogP contribution in [0.1, 0.15) is 12.7 Å². The molecule has 0 amide bonds. The number of imidazole rings is 1. The number of aryl methyl sites for hydroxylation is 1. The molecule has 0 radical (unpaired) electrons. The largest absolute Gasteiger partial charge is 0.382 e. The van der Waals surface area contributed by atoms with E-state index < -0.39 is 0 Å². The van der Waals surface area contributed by atoms with E-state index in [4.69, 9.17) is 11.6 Å². The monoisotopic (exact) mass is 253 g/mol. The van der Waals surface area contributed by atoms with E-state index in [2.05, 4.69) is 9.97 Å². The third-order valence-electron chi connectivity index (χ3n) is 3.21. The van der Waals surface area contributed by atoms with Crippen LogP contribution in [0.4, 0.5) is 5.82 Å². The maximum absolute atomic E-state index is 6.01. The molecule has 2 aromatic heterocycles. The Labute approximate surface area is 110 Å². The number of rotatable bonds is 2. The molecule has 3 rings (SSSR count). The lowest BCUT2D eigenvalue weighted by molar-refractivity contribution is 0.865. The number of benzene rings is 1. The van der Waals surface area contributed by atoms with E-state index in [0.717, 1.165) is 34.4 Å². The van der Waals surface area contributed by atoms with Crippen molar-refractivity contribution in [2.75, 3.05) is 11.6 Å². The van der Waals surface area contributed by atoms with Crippen molar-refractivity contribution in [3.05, 3.63) is 42.4 Å². The molecular formula is C14H15N5. The standard InChI is InChI=1S/C14H15N5/c1-2-12-18-13(14(15)19(12)16)10-5-6-11-9(8-10)4-3-7-17-11/h3-8H,2,15-16H2,1H3. The Hall–Kier alpha value is -2.56. The first-order valence-corrected chi connectivity index (χ1v) is 6.18. The van der Waals surface area contributed by atoms with Crippen molar-refractivity contribution in [1.82, 2.24) is 14.6 Å². The molecule has 0 bridgehead atoms. The normalized spacial score (nSPS) is 11.0. The molecule has 96 valence electrons. The number of pyridine rings is 1. The Bertz CT molecular complexity index is 745. The zero-order valence-corrected chi connectivity index (χ0v) is 10.7. The second-order valence-electron chi connectivity index (χ2n) is 4.40. The lowest BCUT2D eigenvalue weighted by Crippen LogP contribution is -2.14. The summed E-state index contributed by atoms with van der Waals surface area (Å²) in [5, 5.41) is 1.06. The minimum absolute atomic E-state index is 0.486. The van der Waals surface area contributed by atoms with Gasteiger partial charge >= 0.3 is 0 Å². The van der Waals surface area contributed by atoms with Gasteiger partial charge in [0.1, 0.15) is 11.5 Å². The van der Waals surface area contributed by atoms with Gasteiger partial charge in [0.05, 0.1) is 5.52 Å². The van der Waals surface area contributed by atoms with Gasteiger partial charge < -0.3 is 11.6 Å². The Morgan fingerprint density at radius 3 is 2.84 bits per heavy atom. The van der Waals surface area contributed by atoms with Crippen LogP contribution in [0.5, 0.6) is 0 Å². The number of nitrogen functional groups attached to an aromatic ring is 2. The molecule has 0 aliphatic rings. The molecule has 0 saturated heterocycles. The highest BCUT2D eigenvalue weighted by molar-refractivity contribution is 5.85. The molecule has 0 aliphatic heterocycles. The van der Waals surface area contributed by atoms with Crippen LogP contribution in [-0.2, 0) is 6.42 Å². The van der Waals surface area contributed by atoms with Gasteiger partial charge in [-0.2, -0.15) is 0 Å². The summed E-state index contributed by atoms with van der Waals surface area (Å²) in [5.74, 6) is 7.14. The highest BCUT2D eigenvalue weighted by Crippen LogP contribution is 2.27. The second kappa shape index (κ2) is 4.28. The molecule has 19 heavy (non-hydrogen) atoms. The van der Waals surface area contributed by atoms with Gasteiger partial charge in [-0.25, -0.2) is 9.66 Å². The number of nitrogens with zero attached hydrogens (tertiary/aromatic N) is 3. The predicted molar refractivity (Wildman–Crippen MR) is 76.9 cm³/mol. The smallest absolute Gasteiger partial charge is 0.150 e. The van der Waals surface area contributed by atoms with E-state index in [1.165, 1.54) is 4.68 Å². The topological polar surface area (TPSA) is 82.8 Å². The molecule has 4 N–H and O–H groups in total. The van der Waals surface area contributed by atoms with Crippen LogP contribution in [0.25, 0.3) is 22.2 Å². The maximum atomic E-state index is 6.01. The summed E-state index contributed by atoms with van der Waals surface area (Å²) >= 11 is 0. The first-order valence-electron chi connectivity index (χ1n) is 6.18. The molecule has 5 nitrogen and oxygen atoms in total. The fourth-order valence-electron chi connectivity index (χ4n) is 2.18. The quantitative estimate of drug-likeness (QED) is 0.684. The summed E-state index contributed by atoms with van der Waals surface area (Å²) < 4.78 is 1.45. The first kappa shape index (κ1) is 11.5. The zero-order valence-electron chi connectivity index (χ0n) is 10.7. The van der Waals surface area contributed by atoms with Crippen molar-refractivity contribution in [3.63, 3.8) is 0 Å². The summed E-state index contributed by atoms with van der Waals surface area (Å²) in [6.07, 6.45) is 2.52. The molecule has 3 aromatic rings. The SMILES string of the molecule is CCc1nc(-c2ccc3ncccc3c2)c(N)n1N. The van der Waals surface area contributed by atoms with Gasteiger partial charge in [-0.15, -0.1) is 0 Å². The highest BCUT2D eigenvalue weighted by atomic mass is 15.4. The van der Waals surface area contributed by atoms with E-state index in [1.807, 2.05) is 37.3 Å². The molecule has 0 spiro atoms. The van der Waals surface area contributed by atoms with Gasteiger partial charge in [-0.05, 0) is 18.2 Å². The van der Waals surface area contributed by atoms with Crippen LogP contribution in [-0.4, -0.2) is 14.6 Å². The summed E-state index contributed by atoms with van der Waals surface area (Å²) in [5.41, 5.74) is 8.65. The molecule has 5 heteroatoms. The van der Waals surface area contributed by atoms with Crippen molar-refractivity contribution < 1.29 is 0 Å². The highest BCUT2D eigenvalue weighted by Gasteiger charge is 2.13. The van der Waals surface area contributed by atoms with Crippen molar-refractivity contribution in [2.24, 2.45) is 0 Å². The van der Waals surface area contributed by atoms with Gasteiger partial charge in [0, 0.05) is 23.6 Å². The van der Waals surface area contributed by atoms with E-state index in [0.29, 0.717) is 5.82 Å². The fourth-order valence-corrected chi connectivity index (χ4v) is 2.18. The summed E-state index contributed by atoms with van der Waals surface area (Å²) in [7, 11) is 0. The van der Waals surface area contributed by atoms with Gasteiger partial charge in [-0.3, -0.25) is 4.98 Å². The Balaban J connectivity index is 2.19. The Kier molecular flexibility index (Phi) is 2.59. The number of hydrogen-bond acceptors (Lipinski definition) is 4. The average Bonchev–Trinajstić information content (AvgIpc) is 2.74. The number of nitrogens with two attached hydrogens (primary N) is 2. The van der Waals surface area contributed by atoms with Crippen LogP contribution in [0.15, 0.2) is 36.5 Å². The minimum atomic E-state index is 0.486. The van der Waals surface area contributed by atoms with Crippen LogP contribution in [0.2, 0.25) is 0 Å². The van der Waals surface area contributed by atoms with Gasteiger partial charge in [-0.1, -0.05) is 19.1 Å². The Morgan fingerprint density at radius 2 is 2.11 bits per heavy atom. The van der Waals surface area contributed by atoms with E-state index >= 15 is 0 Å². The Morgan fingerprint density at radius 1 is 1.26 bits per heavy atom. The van der Waals surface area contributed by atoms with Crippen LogP contribution in [0.3, 0.4) is 0 Å². The van der Waals surface area contributed by atoms with Crippen molar-refractivity contribution in [3.8, 4) is 11.3 Å². The second-order valence-corrected chi connectivity index (χ2v) is 4.40. The third-order valence-corrected chi connectivity index (χ3v) is 3.21. The maximum Gasteiger partial charge on any atom is 0.150 e. The molecular weight excluding hydrogens is 238 g/mol. The summed E-state index contributed by atoms with van der Waals surface area (Å²) in [6.45, 7) is 2.00. The first-order chi connectivity index (χ1) is 9.20. The summed E-state index contributed by atoms with van der Waals surface area (Å²) in [6, 6.07) is 9.88. The van der Waals surface area contributed by atoms with Crippen molar-refractivity contribution >= 4 is 16.7 Å². The third kappa shape index (κ3) is 1.79. The number of fused-ring (bicyclic) bond motifs is 1. The average molecular weight is 253 g/mol. The van der Waals surface area contributed by atoms with E-state index in [9.17, 15) is 0 Å². The van der Waals surface area contributed by atoms with Crippen LogP contribution < -0.4 is 11.6 Å². The molecule has 0 saturated carbocycles. The number of hydrogen-bond donors (Lipinski definition) is 2. The molecule has 0 unspecified atom stereocenters. The van der Waals surface area contributed by atoms with Crippen LogP contribution >= 0.6 is 0 Å². The van der Waals surface area contributed by atoms with E-state index in [1.54, 1.807) is 6.20 Å². The fraction of sp³-hybridized carbons (Fsp3) is 0.143. The van der Waals surface area contributed by atoms with Crippen LogP contribution in [0, 0.1) is 0 Å². The molecule has 0 fully saturated rings.